The Hall–Kier alpha value is -2.05. The predicted molar refractivity (Wildman–Crippen MR) is 106 cm³/mol. The van der Waals surface area contributed by atoms with Gasteiger partial charge in [-0.25, -0.2) is 0 Å². The highest BCUT2D eigenvalue weighted by Crippen LogP contribution is 2.21. The van der Waals surface area contributed by atoms with E-state index in [9.17, 15) is 4.79 Å². The molecule has 2 rings (SSSR count). The minimum atomic E-state index is -0.243. The fourth-order valence-corrected chi connectivity index (χ4v) is 2.62. The Morgan fingerprint density at radius 1 is 1.23 bits per heavy atom. The molecular formula is C19H29ClN4O2. The van der Waals surface area contributed by atoms with E-state index in [1.54, 1.807) is 4.68 Å². The van der Waals surface area contributed by atoms with Crippen LogP contribution >= 0.6 is 12.4 Å². The first-order valence-electron chi connectivity index (χ1n) is 8.54. The Morgan fingerprint density at radius 3 is 2.31 bits per heavy atom. The third kappa shape index (κ3) is 5.47. The average Bonchev–Trinajstić information content (AvgIpc) is 2.83. The summed E-state index contributed by atoms with van der Waals surface area (Å²) in [5.74, 6) is 0.949. The number of rotatable bonds is 7. The summed E-state index contributed by atoms with van der Waals surface area (Å²) < 4.78 is 7.33. The minimum Gasteiger partial charge on any atom is -0.480 e. The number of hydrogen-bond acceptors (Lipinski definition) is 4. The molecule has 0 aliphatic rings. The summed E-state index contributed by atoms with van der Waals surface area (Å²) in [5.41, 5.74) is 10.1. The zero-order valence-electron chi connectivity index (χ0n) is 16.1. The summed E-state index contributed by atoms with van der Waals surface area (Å²) in [6, 6.07) is 7.96. The van der Waals surface area contributed by atoms with Crippen molar-refractivity contribution in [1.29, 1.82) is 0 Å². The second-order valence-electron chi connectivity index (χ2n) is 6.64. The van der Waals surface area contributed by atoms with Crippen molar-refractivity contribution in [3.05, 3.63) is 46.8 Å². The average molecular weight is 381 g/mol. The Balaban J connectivity index is 0.00000338. The van der Waals surface area contributed by atoms with Gasteiger partial charge in [0.1, 0.15) is 5.69 Å². The molecule has 7 heteroatoms. The molecule has 0 aliphatic heterocycles. The van der Waals surface area contributed by atoms with Crippen LogP contribution < -0.4 is 15.8 Å². The van der Waals surface area contributed by atoms with Gasteiger partial charge in [-0.2, -0.15) is 5.10 Å². The monoisotopic (exact) mass is 380 g/mol. The van der Waals surface area contributed by atoms with Crippen LogP contribution in [0.25, 0.3) is 0 Å². The molecule has 1 aromatic heterocycles. The molecule has 26 heavy (non-hydrogen) atoms. The van der Waals surface area contributed by atoms with Gasteiger partial charge in [-0.3, -0.25) is 9.48 Å². The lowest BCUT2D eigenvalue weighted by atomic mass is 9.99. The fraction of sp³-hybridized carbons (Fsp3) is 0.474. The van der Waals surface area contributed by atoms with Gasteiger partial charge in [-0.05, 0) is 30.9 Å². The minimum absolute atomic E-state index is 0. The summed E-state index contributed by atoms with van der Waals surface area (Å²) in [6.07, 6.45) is 0. The highest BCUT2D eigenvalue weighted by Gasteiger charge is 2.13. The third-order valence-corrected chi connectivity index (χ3v) is 4.34. The van der Waals surface area contributed by atoms with Gasteiger partial charge in [-0.1, -0.05) is 38.1 Å². The van der Waals surface area contributed by atoms with Crippen molar-refractivity contribution in [3.63, 3.8) is 0 Å². The number of hydrogen-bond donors (Lipinski definition) is 2. The van der Waals surface area contributed by atoms with Crippen LogP contribution in [0.1, 0.15) is 48.3 Å². The number of aryl methyl sites for hydroxylation is 2. The van der Waals surface area contributed by atoms with E-state index in [0.717, 1.165) is 17.0 Å². The molecule has 144 valence electrons. The summed E-state index contributed by atoms with van der Waals surface area (Å²) in [7, 11) is 1.85. The number of carbonyl (C=O) groups is 1. The maximum Gasteiger partial charge on any atom is 0.258 e. The Bertz CT molecular complexity index is 726. The van der Waals surface area contributed by atoms with Crippen molar-refractivity contribution in [2.75, 3.05) is 13.2 Å². The second kappa shape index (κ2) is 9.59. The van der Waals surface area contributed by atoms with Crippen LogP contribution in [0.4, 0.5) is 0 Å². The Kier molecular flexibility index (Phi) is 8.11. The molecule has 1 atom stereocenters. The van der Waals surface area contributed by atoms with E-state index in [-0.39, 0.29) is 31.0 Å². The Morgan fingerprint density at radius 2 is 1.81 bits per heavy atom. The second-order valence-corrected chi connectivity index (χ2v) is 6.64. The molecule has 0 saturated heterocycles. The molecule has 1 unspecified atom stereocenters. The number of benzene rings is 1. The number of amides is 1. The number of aromatic nitrogens is 2. The van der Waals surface area contributed by atoms with Crippen LogP contribution in [0.5, 0.6) is 5.75 Å². The van der Waals surface area contributed by atoms with E-state index < -0.39 is 0 Å². The first-order valence-corrected chi connectivity index (χ1v) is 8.54. The molecule has 0 aliphatic carbocycles. The van der Waals surface area contributed by atoms with E-state index >= 15 is 0 Å². The van der Waals surface area contributed by atoms with Gasteiger partial charge in [-0.15, -0.1) is 12.4 Å². The first-order chi connectivity index (χ1) is 11.8. The molecule has 0 bridgehead atoms. The van der Waals surface area contributed by atoms with Gasteiger partial charge in [0.2, 0.25) is 0 Å². The van der Waals surface area contributed by atoms with Crippen LogP contribution in [0, 0.1) is 13.8 Å². The van der Waals surface area contributed by atoms with E-state index in [0.29, 0.717) is 18.2 Å². The molecule has 1 amide bonds. The topological polar surface area (TPSA) is 82.2 Å². The smallest absolute Gasteiger partial charge is 0.258 e. The van der Waals surface area contributed by atoms with Crippen molar-refractivity contribution in [1.82, 2.24) is 15.1 Å². The summed E-state index contributed by atoms with van der Waals surface area (Å²) in [4.78, 5) is 12.0. The molecule has 6 nitrogen and oxygen atoms in total. The van der Waals surface area contributed by atoms with Gasteiger partial charge in [0, 0.05) is 19.6 Å². The molecule has 1 heterocycles. The normalized spacial score (nSPS) is 11.8. The number of ether oxygens (including phenoxy) is 1. The number of halogens is 1. The lowest BCUT2D eigenvalue weighted by Gasteiger charge is -2.15. The third-order valence-electron chi connectivity index (χ3n) is 4.34. The lowest BCUT2D eigenvalue weighted by molar-refractivity contribution is -0.123. The maximum absolute atomic E-state index is 12.0. The van der Waals surface area contributed by atoms with Crippen molar-refractivity contribution in [2.24, 2.45) is 12.8 Å². The standard InChI is InChI=1S/C19H28N4O2.ClH/c1-12(2)15-6-8-16(9-7-15)17(20)10-21-18(24)11-25-19-13(3)22-23(5)14(19)4;/h6-9,12,17H,10-11,20H2,1-5H3,(H,21,24);1H. The highest BCUT2D eigenvalue weighted by atomic mass is 35.5. The zero-order chi connectivity index (χ0) is 18.6. The van der Waals surface area contributed by atoms with E-state index in [1.165, 1.54) is 5.56 Å². The van der Waals surface area contributed by atoms with Crippen LogP contribution in [0.2, 0.25) is 0 Å². The van der Waals surface area contributed by atoms with Crippen molar-refractivity contribution in [3.8, 4) is 5.75 Å². The molecule has 1 aromatic carbocycles. The molecule has 0 spiro atoms. The maximum atomic E-state index is 12.0. The van der Waals surface area contributed by atoms with Crippen molar-refractivity contribution >= 4 is 18.3 Å². The summed E-state index contributed by atoms with van der Waals surface area (Å²) in [5, 5.41) is 7.08. The van der Waals surface area contributed by atoms with Crippen molar-refractivity contribution in [2.45, 2.75) is 39.7 Å². The molecule has 2 aromatic rings. The number of carbonyl (C=O) groups excluding carboxylic acids is 1. The highest BCUT2D eigenvalue weighted by molar-refractivity contribution is 5.85. The van der Waals surface area contributed by atoms with Crippen LogP contribution in [-0.2, 0) is 11.8 Å². The Labute approximate surface area is 161 Å². The lowest BCUT2D eigenvalue weighted by Crippen LogP contribution is -2.35. The molecule has 3 N–H and O–H groups in total. The van der Waals surface area contributed by atoms with Gasteiger partial charge in [0.25, 0.3) is 5.91 Å². The number of nitrogens with two attached hydrogens (primary N) is 1. The van der Waals surface area contributed by atoms with Crippen LogP contribution in [-0.4, -0.2) is 28.8 Å². The fourth-order valence-electron chi connectivity index (χ4n) is 2.62. The van der Waals surface area contributed by atoms with Gasteiger partial charge in [0.05, 0.1) is 5.69 Å². The number of nitrogens with one attached hydrogen (secondary N) is 1. The molecule has 0 fully saturated rings. The van der Waals surface area contributed by atoms with E-state index in [4.69, 9.17) is 10.5 Å². The van der Waals surface area contributed by atoms with Crippen molar-refractivity contribution < 1.29 is 9.53 Å². The summed E-state index contributed by atoms with van der Waals surface area (Å²) >= 11 is 0. The molecule has 0 radical (unpaired) electrons. The molecule has 0 saturated carbocycles. The zero-order valence-corrected chi connectivity index (χ0v) is 16.9. The quantitative estimate of drug-likeness (QED) is 0.773. The van der Waals surface area contributed by atoms with Gasteiger partial charge in [0.15, 0.2) is 12.4 Å². The SMILES string of the molecule is Cc1nn(C)c(C)c1OCC(=O)NCC(N)c1ccc(C(C)C)cc1.Cl. The van der Waals surface area contributed by atoms with E-state index in [2.05, 4.69) is 36.4 Å². The first kappa shape index (κ1) is 22.0. The molecular weight excluding hydrogens is 352 g/mol. The van der Waals surface area contributed by atoms with Gasteiger partial charge >= 0.3 is 0 Å². The van der Waals surface area contributed by atoms with Gasteiger partial charge < -0.3 is 15.8 Å². The van der Waals surface area contributed by atoms with Crippen LogP contribution in [0.15, 0.2) is 24.3 Å². The van der Waals surface area contributed by atoms with Crippen LogP contribution in [0.3, 0.4) is 0 Å². The summed E-state index contributed by atoms with van der Waals surface area (Å²) in [6.45, 7) is 8.39. The predicted octanol–water partition coefficient (Wildman–Crippen LogP) is 2.78. The number of nitrogens with zero attached hydrogens (tertiary/aromatic N) is 2. The largest absolute Gasteiger partial charge is 0.480 e. The van der Waals surface area contributed by atoms with E-state index in [1.807, 2.05) is 33.0 Å².